The molecular formula is C13H18ClF2N3O3S. The third-order valence-corrected chi connectivity index (χ3v) is 4.54. The molecule has 1 aliphatic rings. The molecule has 130 valence electrons. The number of hydrogen-bond acceptors (Lipinski definition) is 4. The highest BCUT2D eigenvalue weighted by Crippen LogP contribution is 2.26. The lowest BCUT2D eigenvalue weighted by Crippen LogP contribution is -2.35. The normalized spacial score (nSPS) is 19.7. The summed E-state index contributed by atoms with van der Waals surface area (Å²) in [4.78, 5) is 11.8. The summed E-state index contributed by atoms with van der Waals surface area (Å²) in [7, 11) is -3.37. The average Bonchev–Trinajstić information content (AvgIpc) is 2.81. The first kappa shape index (κ1) is 19.6. The van der Waals surface area contributed by atoms with Crippen LogP contribution in [0, 0.1) is 0 Å². The van der Waals surface area contributed by atoms with E-state index >= 15 is 0 Å². The molecule has 1 heterocycles. The van der Waals surface area contributed by atoms with Gasteiger partial charge in [-0.25, -0.2) is 17.2 Å². The van der Waals surface area contributed by atoms with Crippen molar-refractivity contribution < 1.29 is 22.0 Å². The summed E-state index contributed by atoms with van der Waals surface area (Å²) in [6, 6.07) is 5.03. The molecular weight excluding hydrogens is 352 g/mol. The standard InChI is InChI=1S/C13H17F2N3O3S.ClH/c1-2-22(20,21)18-10-5-3-9(4-6-10)17-12(19)11-7-13(14,15)8-16-11;/h3-6,11,16,18H,2,7-8H2,1H3,(H,17,19);1H. The first-order valence-corrected chi connectivity index (χ1v) is 8.39. The Morgan fingerprint density at radius 1 is 1.30 bits per heavy atom. The van der Waals surface area contributed by atoms with Crippen LogP contribution in [0.1, 0.15) is 13.3 Å². The zero-order valence-electron chi connectivity index (χ0n) is 12.3. The Labute approximate surface area is 139 Å². The Morgan fingerprint density at radius 3 is 2.35 bits per heavy atom. The molecule has 0 saturated carbocycles. The van der Waals surface area contributed by atoms with Crippen LogP contribution < -0.4 is 15.4 Å². The molecule has 1 atom stereocenters. The third kappa shape index (κ3) is 5.60. The van der Waals surface area contributed by atoms with Gasteiger partial charge >= 0.3 is 0 Å². The van der Waals surface area contributed by atoms with Crippen molar-refractivity contribution in [3.8, 4) is 0 Å². The molecule has 2 rings (SSSR count). The monoisotopic (exact) mass is 369 g/mol. The van der Waals surface area contributed by atoms with E-state index in [2.05, 4.69) is 15.4 Å². The van der Waals surface area contributed by atoms with Crippen LogP contribution in [0.25, 0.3) is 0 Å². The van der Waals surface area contributed by atoms with Crippen molar-refractivity contribution in [2.24, 2.45) is 0 Å². The molecule has 0 spiro atoms. The Bertz CT molecular complexity index is 653. The lowest BCUT2D eigenvalue weighted by atomic mass is 10.2. The predicted molar refractivity (Wildman–Crippen MR) is 86.8 cm³/mol. The van der Waals surface area contributed by atoms with E-state index in [1.54, 1.807) is 0 Å². The summed E-state index contributed by atoms with van der Waals surface area (Å²) in [6.45, 7) is 1.00. The van der Waals surface area contributed by atoms with Gasteiger partial charge in [-0.15, -0.1) is 12.4 Å². The van der Waals surface area contributed by atoms with Gasteiger partial charge in [-0.05, 0) is 31.2 Å². The van der Waals surface area contributed by atoms with Crippen LogP contribution >= 0.6 is 12.4 Å². The fourth-order valence-electron chi connectivity index (χ4n) is 2.00. The van der Waals surface area contributed by atoms with Crippen molar-refractivity contribution >= 4 is 39.7 Å². The molecule has 10 heteroatoms. The predicted octanol–water partition coefficient (Wildman–Crippen LogP) is 1.81. The number of alkyl halides is 2. The Kier molecular flexibility index (Phi) is 6.32. The SMILES string of the molecule is CCS(=O)(=O)Nc1ccc(NC(=O)C2CC(F)(F)CN2)cc1.Cl. The quantitative estimate of drug-likeness (QED) is 0.738. The highest BCUT2D eigenvalue weighted by Gasteiger charge is 2.42. The van der Waals surface area contributed by atoms with E-state index in [0.717, 1.165) is 0 Å². The van der Waals surface area contributed by atoms with Gasteiger partial charge in [0.25, 0.3) is 5.92 Å². The fraction of sp³-hybridized carbons (Fsp3) is 0.462. The maximum atomic E-state index is 13.0. The van der Waals surface area contributed by atoms with Gasteiger partial charge < -0.3 is 5.32 Å². The lowest BCUT2D eigenvalue weighted by Gasteiger charge is -2.12. The van der Waals surface area contributed by atoms with E-state index in [0.29, 0.717) is 11.4 Å². The minimum Gasteiger partial charge on any atom is -0.325 e. The number of amides is 1. The molecule has 0 radical (unpaired) electrons. The Hall–Kier alpha value is -1.45. The number of carbonyl (C=O) groups excluding carboxylic acids is 1. The molecule has 1 amide bonds. The highest BCUT2D eigenvalue weighted by atomic mass is 35.5. The topological polar surface area (TPSA) is 87.3 Å². The molecule has 1 saturated heterocycles. The van der Waals surface area contributed by atoms with Crippen molar-refractivity contribution in [1.29, 1.82) is 0 Å². The van der Waals surface area contributed by atoms with Crippen LogP contribution in [0.3, 0.4) is 0 Å². The van der Waals surface area contributed by atoms with E-state index in [4.69, 9.17) is 0 Å². The maximum absolute atomic E-state index is 13.0. The van der Waals surface area contributed by atoms with Crippen LogP contribution in [-0.4, -0.2) is 38.6 Å². The number of hydrogen-bond donors (Lipinski definition) is 3. The number of benzene rings is 1. The second-order valence-electron chi connectivity index (χ2n) is 5.07. The van der Waals surface area contributed by atoms with E-state index in [9.17, 15) is 22.0 Å². The van der Waals surface area contributed by atoms with Crippen molar-refractivity contribution in [2.75, 3.05) is 22.3 Å². The van der Waals surface area contributed by atoms with Crippen molar-refractivity contribution in [3.63, 3.8) is 0 Å². The van der Waals surface area contributed by atoms with Gasteiger partial charge in [0, 0.05) is 17.8 Å². The van der Waals surface area contributed by atoms with E-state index in [-0.39, 0.29) is 18.2 Å². The molecule has 1 aliphatic heterocycles. The summed E-state index contributed by atoms with van der Waals surface area (Å²) in [5, 5.41) is 4.98. The highest BCUT2D eigenvalue weighted by molar-refractivity contribution is 7.92. The number of anilines is 2. The summed E-state index contributed by atoms with van der Waals surface area (Å²) in [5.41, 5.74) is 0.770. The van der Waals surface area contributed by atoms with Crippen molar-refractivity contribution in [1.82, 2.24) is 5.32 Å². The maximum Gasteiger partial charge on any atom is 0.262 e. The second-order valence-corrected chi connectivity index (χ2v) is 7.08. The molecule has 1 fully saturated rings. The fourth-order valence-corrected chi connectivity index (χ4v) is 2.64. The van der Waals surface area contributed by atoms with E-state index < -0.39 is 40.9 Å². The first-order valence-electron chi connectivity index (χ1n) is 6.73. The summed E-state index contributed by atoms with van der Waals surface area (Å²) < 4.78 is 51.2. The number of rotatable bonds is 5. The second kappa shape index (κ2) is 7.41. The smallest absolute Gasteiger partial charge is 0.262 e. The molecule has 3 N–H and O–H groups in total. The molecule has 6 nitrogen and oxygen atoms in total. The van der Waals surface area contributed by atoms with Crippen LogP contribution in [0.15, 0.2) is 24.3 Å². The lowest BCUT2D eigenvalue weighted by molar-refractivity contribution is -0.118. The first-order chi connectivity index (χ1) is 10.2. The van der Waals surface area contributed by atoms with Crippen LogP contribution in [-0.2, 0) is 14.8 Å². The van der Waals surface area contributed by atoms with E-state index in [1.807, 2.05) is 0 Å². The van der Waals surface area contributed by atoms with E-state index in [1.165, 1.54) is 31.2 Å². The minimum atomic E-state index is -3.37. The molecule has 0 bridgehead atoms. The zero-order valence-corrected chi connectivity index (χ0v) is 13.9. The molecule has 0 aliphatic carbocycles. The van der Waals surface area contributed by atoms with Crippen molar-refractivity contribution in [3.05, 3.63) is 24.3 Å². The molecule has 23 heavy (non-hydrogen) atoms. The molecule has 1 aromatic rings. The summed E-state index contributed by atoms with van der Waals surface area (Å²) in [6.07, 6.45) is -0.535. The van der Waals surface area contributed by atoms with Crippen LogP contribution in [0.2, 0.25) is 0 Å². The zero-order chi connectivity index (χ0) is 16.4. The number of sulfonamides is 1. The van der Waals surface area contributed by atoms with Gasteiger partial charge in [0.15, 0.2) is 0 Å². The van der Waals surface area contributed by atoms with Gasteiger partial charge in [0.05, 0.1) is 18.3 Å². The number of nitrogens with one attached hydrogen (secondary N) is 3. The molecule has 1 aromatic carbocycles. The molecule has 0 aromatic heterocycles. The number of carbonyl (C=O) groups is 1. The largest absolute Gasteiger partial charge is 0.325 e. The van der Waals surface area contributed by atoms with Gasteiger partial charge in [-0.3, -0.25) is 14.8 Å². The van der Waals surface area contributed by atoms with Crippen LogP contribution in [0.5, 0.6) is 0 Å². The minimum absolute atomic E-state index is 0. The summed E-state index contributed by atoms with van der Waals surface area (Å²) in [5.74, 6) is -3.46. The van der Waals surface area contributed by atoms with Gasteiger partial charge in [-0.1, -0.05) is 0 Å². The number of halogens is 3. The average molecular weight is 370 g/mol. The Morgan fingerprint density at radius 2 is 1.87 bits per heavy atom. The summed E-state index contributed by atoms with van der Waals surface area (Å²) >= 11 is 0. The van der Waals surface area contributed by atoms with Crippen LogP contribution in [0.4, 0.5) is 20.2 Å². The third-order valence-electron chi connectivity index (χ3n) is 3.23. The van der Waals surface area contributed by atoms with Gasteiger partial charge in [-0.2, -0.15) is 0 Å². The van der Waals surface area contributed by atoms with Gasteiger partial charge in [0.1, 0.15) is 0 Å². The van der Waals surface area contributed by atoms with Crippen molar-refractivity contribution in [2.45, 2.75) is 25.3 Å². The molecule has 1 unspecified atom stereocenters. The Balaban J connectivity index is 0.00000264. The van der Waals surface area contributed by atoms with Gasteiger partial charge in [0.2, 0.25) is 15.9 Å².